The fourth-order valence-electron chi connectivity index (χ4n) is 8.44. The molecule has 1 saturated heterocycles. The molecule has 47 heavy (non-hydrogen) atoms. The quantitative estimate of drug-likeness (QED) is 0.183. The van der Waals surface area contributed by atoms with E-state index in [4.69, 9.17) is 13.7 Å². The van der Waals surface area contributed by atoms with Gasteiger partial charge < -0.3 is 13.7 Å². The van der Waals surface area contributed by atoms with Crippen LogP contribution in [0, 0.1) is 0 Å². The Morgan fingerprint density at radius 3 is 2.00 bits per heavy atom. The van der Waals surface area contributed by atoms with Crippen LogP contribution in [0.5, 0.6) is 0 Å². The zero-order valence-corrected chi connectivity index (χ0v) is 26.9. The van der Waals surface area contributed by atoms with E-state index in [0.717, 1.165) is 22.0 Å². The van der Waals surface area contributed by atoms with Crippen LogP contribution in [-0.2, 0) is 14.7 Å². The van der Waals surface area contributed by atoms with Gasteiger partial charge in [0.15, 0.2) is 0 Å². The zero-order valence-electron chi connectivity index (χ0n) is 26.9. The molecule has 2 aliphatic carbocycles. The fourth-order valence-corrected chi connectivity index (χ4v) is 8.44. The summed E-state index contributed by atoms with van der Waals surface area (Å²) < 4.78 is 19.7. The minimum absolute atomic E-state index is 0.434. The van der Waals surface area contributed by atoms with E-state index in [1.54, 1.807) is 0 Å². The topological polar surface area (TPSA) is 31.6 Å². The number of hydrogen-bond acceptors (Lipinski definition) is 3. The van der Waals surface area contributed by atoms with Gasteiger partial charge in [-0.05, 0) is 107 Å². The molecule has 226 valence electrons. The molecular formula is C43H33BO3. The van der Waals surface area contributed by atoms with Crippen molar-refractivity contribution in [3.63, 3.8) is 0 Å². The maximum absolute atomic E-state index is 6.63. The van der Waals surface area contributed by atoms with Crippen LogP contribution in [-0.4, -0.2) is 18.3 Å². The average Bonchev–Trinajstić information content (AvgIpc) is 3.76. The lowest BCUT2D eigenvalue weighted by Gasteiger charge is -2.32. The van der Waals surface area contributed by atoms with Gasteiger partial charge in [0.2, 0.25) is 0 Å². The van der Waals surface area contributed by atoms with Crippen molar-refractivity contribution in [2.45, 2.75) is 44.3 Å². The van der Waals surface area contributed by atoms with E-state index >= 15 is 0 Å². The van der Waals surface area contributed by atoms with Gasteiger partial charge >= 0.3 is 7.12 Å². The van der Waals surface area contributed by atoms with Gasteiger partial charge in [-0.15, -0.1) is 0 Å². The third kappa shape index (κ3) is 3.44. The molecule has 1 atom stereocenters. The maximum atomic E-state index is 6.63. The summed E-state index contributed by atoms with van der Waals surface area (Å²) in [5.74, 6) is 0. The molecule has 1 spiro atoms. The van der Waals surface area contributed by atoms with Crippen LogP contribution in [0.15, 0.2) is 132 Å². The van der Waals surface area contributed by atoms with E-state index in [9.17, 15) is 0 Å². The summed E-state index contributed by atoms with van der Waals surface area (Å²) >= 11 is 0. The summed E-state index contributed by atoms with van der Waals surface area (Å²) in [7, 11) is -0.465. The Morgan fingerprint density at radius 2 is 1.17 bits per heavy atom. The highest BCUT2D eigenvalue weighted by atomic mass is 16.7. The molecule has 7 aromatic rings. The summed E-state index contributed by atoms with van der Waals surface area (Å²) in [6.07, 6.45) is 0. The second-order valence-electron chi connectivity index (χ2n) is 14.3. The number of rotatable bonds is 2. The number of hydrogen-bond donors (Lipinski definition) is 0. The van der Waals surface area contributed by atoms with Crippen molar-refractivity contribution in [3.8, 4) is 33.4 Å². The second kappa shape index (κ2) is 9.13. The third-order valence-electron chi connectivity index (χ3n) is 11.3. The molecule has 1 fully saturated rings. The third-order valence-corrected chi connectivity index (χ3v) is 11.3. The number of furan rings is 1. The highest BCUT2D eigenvalue weighted by molar-refractivity contribution is 6.62. The van der Waals surface area contributed by atoms with Gasteiger partial charge in [-0.2, -0.15) is 0 Å². The lowest BCUT2D eigenvalue weighted by atomic mass is 9.68. The van der Waals surface area contributed by atoms with Crippen LogP contribution >= 0.6 is 0 Å². The number of fused-ring (bicyclic) bond motifs is 14. The lowest BCUT2D eigenvalue weighted by molar-refractivity contribution is 0.00578. The first kappa shape index (κ1) is 27.2. The highest BCUT2D eigenvalue weighted by Gasteiger charge is 2.55. The van der Waals surface area contributed by atoms with Crippen molar-refractivity contribution in [1.82, 2.24) is 0 Å². The Hall–Kier alpha value is -4.90. The molecule has 0 amide bonds. The van der Waals surface area contributed by atoms with Gasteiger partial charge in [0.25, 0.3) is 0 Å². The van der Waals surface area contributed by atoms with Gasteiger partial charge in [-0.25, -0.2) is 0 Å². The van der Waals surface area contributed by atoms with Crippen LogP contribution in [0.3, 0.4) is 0 Å². The minimum atomic E-state index is -0.534. The molecule has 6 aromatic carbocycles. The SMILES string of the molecule is CC1(C)OB(c2ccc3c(c2)C2(c4ccccc4-c4ccc(-c5ccccc5)cc42)c2ccc4oc5ccccc5c4c2-3)OC1(C)C. The van der Waals surface area contributed by atoms with Crippen LogP contribution in [0.1, 0.15) is 49.9 Å². The van der Waals surface area contributed by atoms with Gasteiger partial charge in [0.1, 0.15) is 11.2 Å². The second-order valence-corrected chi connectivity index (χ2v) is 14.3. The van der Waals surface area contributed by atoms with Crippen molar-refractivity contribution in [2.75, 3.05) is 0 Å². The van der Waals surface area contributed by atoms with E-state index in [-0.39, 0.29) is 0 Å². The first-order valence-electron chi connectivity index (χ1n) is 16.5. The Labute approximate surface area is 274 Å². The standard InChI is InChI=1S/C43H33BO3/c1-41(2)42(3,4)47-44(46-41)28-19-21-31-36(25-28)43(34-22-23-38-40(39(31)34)32-15-9-11-17-37(32)45-38)33-16-10-8-14-29(33)30-20-18-27(24-35(30)43)26-12-6-5-7-13-26/h5-25H,1-4H3. The lowest BCUT2D eigenvalue weighted by Crippen LogP contribution is -2.41. The van der Waals surface area contributed by atoms with Crippen LogP contribution in [0.2, 0.25) is 0 Å². The van der Waals surface area contributed by atoms with Crippen LogP contribution < -0.4 is 5.46 Å². The van der Waals surface area contributed by atoms with E-state index in [1.807, 2.05) is 6.07 Å². The Morgan fingerprint density at radius 1 is 0.489 bits per heavy atom. The first-order chi connectivity index (χ1) is 22.8. The molecule has 4 heteroatoms. The largest absolute Gasteiger partial charge is 0.494 e. The molecule has 10 rings (SSSR count). The average molecular weight is 609 g/mol. The predicted molar refractivity (Wildman–Crippen MR) is 191 cm³/mol. The van der Waals surface area contributed by atoms with Gasteiger partial charge in [0, 0.05) is 10.8 Å². The van der Waals surface area contributed by atoms with Crippen molar-refractivity contribution >= 4 is 34.5 Å². The van der Waals surface area contributed by atoms with Gasteiger partial charge in [-0.3, -0.25) is 0 Å². The Bertz CT molecular complexity index is 2420. The Balaban J connectivity index is 1.33. The smallest absolute Gasteiger partial charge is 0.456 e. The summed E-state index contributed by atoms with van der Waals surface area (Å²) in [4.78, 5) is 0. The van der Waals surface area contributed by atoms with E-state index in [2.05, 4.69) is 149 Å². The molecule has 1 aliphatic heterocycles. The normalized spacial score (nSPS) is 19.7. The summed E-state index contributed by atoms with van der Waals surface area (Å²) in [5, 5.41) is 2.31. The van der Waals surface area contributed by atoms with Crippen molar-refractivity contribution in [1.29, 1.82) is 0 Å². The predicted octanol–water partition coefficient (Wildman–Crippen LogP) is 9.90. The Kier molecular flexibility index (Phi) is 5.29. The minimum Gasteiger partial charge on any atom is -0.456 e. The van der Waals surface area contributed by atoms with Crippen LogP contribution in [0.4, 0.5) is 0 Å². The van der Waals surface area contributed by atoms with E-state index < -0.39 is 23.7 Å². The highest BCUT2D eigenvalue weighted by Crippen LogP contribution is 2.64. The number of benzene rings is 6. The molecule has 0 N–H and O–H groups in total. The maximum Gasteiger partial charge on any atom is 0.494 e. The molecule has 1 unspecified atom stereocenters. The molecule has 2 heterocycles. The molecule has 3 nitrogen and oxygen atoms in total. The summed E-state index contributed by atoms with van der Waals surface area (Å²) in [6.45, 7) is 8.47. The van der Waals surface area contributed by atoms with Gasteiger partial charge in [-0.1, -0.05) is 109 Å². The monoisotopic (exact) mass is 608 g/mol. The first-order valence-corrected chi connectivity index (χ1v) is 16.5. The molecule has 0 saturated carbocycles. The fraction of sp³-hybridized carbons (Fsp3) is 0.163. The van der Waals surface area contributed by atoms with Crippen molar-refractivity contribution in [3.05, 3.63) is 150 Å². The molecular weight excluding hydrogens is 575 g/mol. The van der Waals surface area contributed by atoms with E-state index in [0.29, 0.717) is 0 Å². The van der Waals surface area contributed by atoms with Crippen LogP contribution in [0.25, 0.3) is 55.3 Å². The van der Waals surface area contributed by atoms with Crippen molar-refractivity contribution in [2.24, 2.45) is 0 Å². The zero-order chi connectivity index (χ0) is 31.7. The van der Waals surface area contributed by atoms with E-state index in [1.165, 1.54) is 61.0 Å². The summed E-state index contributed by atoms with van der Waals surface area (Å²) in [6, 6.07) is 46.5. The molecule has 0 bridgehead atoms. The molecule has 0 radical (unpaired) electrons. The molecule has 1 aromatic heterocycles. The van der Waals surface area contributed by atoms with Crippen molar-refractivity contribution < 1.29 is 13.7 Å². The van der Waals surface area contributed by atoms with Gasteiger partial charge in [0.05, 0.1) is 16.6 Å². The molecule has 3 aliphatic rings. The number of para-hydroxylation sites is 1. The summed E-state index contributed by atoms with van der Waals surface area (Å²) in [5.41, 5.74) is 14.1.